The highest BCUT2D eigenvalue weighted by atomic mass is 32.2. The second-order valence-corrected chi connectivity index (χ2v) is 3.31. The van der Waals surface area contributed by atoms with Gasteiger partial charge in [-0.1, -0.05) is 0 Å². The van der Waals surface area contributed by atoms with E-state index in [0.29, 0.717) is 11.3 Å². The molecule has 5 N–H and O–H groups in total. The Labute approximate surface area is 80.6 Å². The summed E-state index contributed by atoms with van der Waals surface area (Å²) in [7, 11) is 0. The Balaban J connectivity index is 3.11. The maximum Gasteiger partial charge on any atom is 0.267 e. The lowest BCUT2D eigenvalue weighted by atomic mass is 10.2. The van der Waals surface area contributed by atoms with Crippen molar-refractivity contribution in [3.8, 4) is 0 Å². The minimum absolute atomic E-state index is 0.367. The van der Waals surface area contributed by atoms with Crippen molar-refractivity contribution in [2.45, 2.75) is 4.90 Å². The quantitative estimate of drug-likeness (QED) is 0.213. The van der Waals surface area contributed by atoms with E-state index in [9.17, 15) is 4.79 Å². The van der Waals surface area contributed by atoms with Gasteiger partial charge in [0.1, 0.15) is 0 Å². The molecule has 0 heterocycles. The van der Waals surface area contributed by atoms with Crippen LogP contribution in [-0.2, 0) is 0 Å². The third-order valence-electron chi connectivity index (χ3n) is 1.64. The van der Waals surface area contributed by atoms with Crippen molar-refractivity contribution in [1.82, 2.24) is 5.43 Å². The highest BCUT2D eigenvalue weighted by Gasteiger charge is 2.08. The third kappa shape index (κ3) is 2.13. The number of anilines is 1. The first kappa shape index (κ1) is 9.88. The number of hydrogen-bond donors (Lipinski definition) is 3. The van der Waals surface area contributed by atoms with Gasteiger partial charge in [0, 0.05) is 10.6 Å². The Morgan fingerprint density at radius 1 is 1.54 bits per heavy atom. The molecule has 1 rings (SSSR count). The molecule has 70 valence electrons. The highest BCUT2D eigenvalue weighted by molar-refractivity contribution is 7.98. The SMILES string of the molecule is CSc1ccc(N)c(C(=O)NN)c1. The topological polar surface area (TPSA) is 81.1 Å². The van der Waals surface area contributed by atoms with Gasteiger partial charge >= 0.3 is 0 Å². The zero-order valence-electron chi connectivity index (χ0n) is 7.20. The first-order valence-electron chi connectivity index (χ1n) is 3.63. The van der Waals surface area contributed by atoms with Crippen LogP contribution >= 0.6 is 11.8 Å². The monoisotopic (exact) mass is 197 g/mol. The summed E-state index contributed by atoms with van der Waals surface area (Å²) in [4.78, 5) is 12.2. The number of hydrogen-bond acceptors (Lipinski definition) is 4. The zero-order chi connectivity index (χ0) is 9.84. The second-order valence-electron chi connectivity index (χ2n) is 2.43. The van der Waals surface area contributed by atoms with Crippen LogP contribution in [0.2, 0.25) is 0 Å². The van der Waals surface area contributed by atoms with Gasteiger partial charge in [-0.2, -0.15) is 0 Å². The number of nitrogens with one attached hydrogen (secondary N) is 1. The molecule has 5 heteroatoms. The van der Waals surface area contributed by atoms with E-state index >= 15 is 0 Å². The van der Waals surface area contributed by atoms with Gasteiger partial charge in [0.25, 0.3) is 5.91 Å². The van der Waals surface area contributed by atoms with Crippen LogP contribution in [0.25, 0.3) is 0 Å². The van der Waals surface area contributed by atoms with Gasteiger partial charge in [-0.05, 0) is 24.5 Å². The van der Waals surface area contributed by atoms with Crippen molar-refractivity contribution in [2.75, 3.05) is 12.0 Å². The first-order chi connectivity index (χ1) is 6.19. The molecule has 0 spiro atoms. The second kappa shape index (κ2) is 4.15. The van der Waals surface area contributed by atoms with Gasteiger partial charge < -0.3 is 5.73 Å². The molecule has 0 aliphatic heterocycles. The fourth-order valence-corrected chi connectivity index (χ4v) is 1.38. The molecule has 0 aliphatic rings. The minimum atomic E-state index is -0.367. The lowest BCUT2D eigenvalue weighted by Gasteiger charge is -2.05. The summed E-state index contributed by atoms with van der Waals surface area (Å²) in [5.41, 5.74) is 8.48. The smallest absolute Gasteiger partial charge is 0.267 e. The van der Waals surface area contributed by atoms with Crippen LogP contribution in [0.4, 0.5) is 5.69 Å². The van der Waals surface area contributed by atoms with Crippen molar-refractivity contribution in [1.29, 1.82) is 0 Å². The molecule has 1 aromatic carbocycles. The molecule has 4 nitrogen and oxygen atoms in total. The predicted octanol–water partition coefficient (Wildman–Crippen LogP) is 0.594. The summed E-state index contributed by atoms with van der Waals surface area (Å²) in [6.45, 7) is 0. The van der Waals surface area contributed by atoms with Gasteiger partial charge in [0.2, 0.25) is 0 Å². The molecule has 0 aromatic heterocycles. The largest absolute Gasteiger partial charge is 0.398 e. The van der Waals surface area contributed by atoms with Crippen molar-refractivity contribution in [3.63, 3.8) is 0 Å². The molecule has 0 fully saturated rings. The summed E-state index contributed by atoms with van der Waals surface area (Å²) in [5, 5.41) is 0. The summed E-state index contributed by atoms with van der Waals surface area (Å²) in [6.07, 6.45) is 1.93. The number of carbonyl (C=O) groups excluding carboxylic acids is 1. The van der Waals surface area contributed by atoms with Gasteiger partial charge in [-0.15, -0.1) is 11.8 Å². The fourth-order valence-electron chi connectivity index (χ4n) is 0.937. The molecule has 0 unspecified atom stereocenters. The molecule has 0 radical (unpaired) electrons. The summed E-state index contributed by atoms with van der Waals surface area (Å²) < 4.78 is 0. The molecule has 1 amide bonds. The Morgan fingerprint density at radius 3 is 2.77 bits per heavy atom. The number of carbonyl (C=O) groups is 1. The van der Waals surface area contributed by atoms with Crippen LogP contribution < -0.4 is 17.0 Å². The van der Waals surface area contributed by atoms with Crippen LogP contribution in [0.3, 0.4) is 0 Å². The standard InChI is InChI=1S/C8H11N3OS/c1-13-5-2-3-7(9)6(4-5)8(12)11-10/h2-4H,9-10H2,1H3,(H,11,12). The molecule has 1 aromatic rings. The number of benzene rings is 1. The molecule has 0 aliphatic carbocycles. The van der Waals surface area contributed by atoms with Crippen LogP contribution in [0.1, 0.15) is 10.4 Å². The number of rotatable bonds is 2. The summed E-state index contributed by atoms with van der Waals surface area (Å²) in [5.74, 6) is 4.64. The van der Waals surface area contributed by atoms with E-state index in [4.69, 9.17) is 11.6 Å². The molecular formula is C8H11N3OS. The van der Waals surface area contributed by atoms with E-state index in [1.807, 2.05) is 17.7 Å². The van der Waals surface area contributed by atoms with Crippen LogP contribution in [0.5, 0.6) is 0 Å². The number of amides is 1. The van der Waals surface area contributed by atoms with Crippen molar-refractivity contribution in [3.05, 3.63) is 23.8 Å². The number of thioether (sulfide) groups is 1. The van der Waals surface area contributed by atoms with E-state index in [1.54, 1.807) is 23.9 Å². The highest BCUT2D eigenvalue weighted by Crippen LogP contribution is 2.20. The lowest BCUT2D eigenvalue weighted by molar-refractivity contribution is 0.0954. The number of nitrogens with two attached hydrogens (primary N) is 2. The van der Waals surface area contributed by atoms with Gasteiger partial charge in [-0.3, -0.25) is 10.2 Å². The molecule has 0 bridgehead atoms. The average molecular weight is 197 g/mol. The van der Waals surface area contributed by atoms with Gasteiger partial charge in [-0.25, -0.2) is 5.84 Å². The van der Waals surface area contributed by atoms with Gasteiger partial charge in [0.05, 0.1) is 5.56 Å². The van der Waals surface area contributed by atoms with Gasteiger partial charge in [0.15, 0.2) is 0 Å². The van der Waals surface area contributed by atoms with E-state index in [1.165, 1.54) is 0 Å². The molecule has 0 saturated heterocycles. The molecule has 13 heavy (non-hydrogen) atoms. The van der Waals surface area contributed by atoms with Crippen LogP contribution in [-0.4, -0.2) is 12.2 Å². The molecule has 0 atom stereocenters. The fraction of sp³-hybridized carbons (Fsp3) is 0.125. The minimum Gasteiger partial charge on any atom is -0.398 e. The third-order valence-corrected chi connectivity index (χ3v) is 2.36. The van der Waals surface area contributed by atoms with E-state index in [-0.39, 0.29) is 5.91 Å². The molecule has 0 saturated carbocycles. The zero-order valence-corrected chi connectivity index (χ0v) is 8.02. The van der Waals surface area contributed by atoms with E-state index in [0.717, 1.165) is 4.90 Å². The Morgan fingerprint density at radius 2 is 2.23 bits per heavy atom. The normalized spacial score (nSPS) is 9.69. The summed E-state index contributed by atoms with van der Waals surface area (Å²) in [6, 6.07) is 5.26. The molecular weight excluding hydrogens is 186 g/mol. The summed E-state index contributed by atoms with van der Waals surface area (Å²) >= 11 is 1.54. The van der Waals surface area contributed by atoms with E-state index < -0.39 is 0 Å². The maximum atomic E-state index is 11.2. The maximum absolute atomic E-state index is 11.2. The number of hydrazine groups is 1. The van der Waals surface area contributed by atoms with Crippen molar-refractivity contribution >= 4 is 23.4 Å². The predicted molar refractivity (Wildman–Crippen MR) is 54.3 cm³/mol. The average Bonchev–Trinajstić information content (AvgIpc) is 2.17. The van der Waals surface area contributed by atoms with Crippen molar-refractivity contribution in [2.24, 2.45) is 5.84 Å². The van der Waals surface area contributed by atoms with Crippen LogP contribution in [0.15, 0.2) is 23.1 Å². The number of nitrogen functional groups attached to an aromatic ring is 2. The Bertz CT molecular complexity index is 327. The van der Waals surface area contributed by atoms with Crippen LogP contribution in [0, 0.1) is 0 Å². The van der Waals surface area contributed by atoms with E-state index in [2.05, 4.69) is 0 Å². The first-order valence-corrected chi connectivity index (χ1v) is 4.86. The van der Waals surface area contributed by atoms with Crippen molar-refractivity contribution < 1.29 is 4.79 Å². The Kier molecular flexibility index (Phi) is 3.16. The Hall–Kier alpha value is -1.20. The lowest BCUT2D eigenvalue weighted by Crippen LogP contribution is -2.30.